The van der Waals surface area contributed by atoms with Gasteiger partial charge in [-0.1, -0.05) is 17.7 Å². The van der Waals surface area contributed by atoms with Crippen molar-refractivity contribution < 1.29 is 0 Å². The second-order valence-corrected chi connectivity index (χ2v) is 3.96. The number of allylic oxidation sites excluding steroid dienone is 4. The van der Waals surface area contributed by atoms with Crippen LogP contribution in [-0.4, -0.2) is 4.98 Å². The number of hydrogen-bond acceptors (Lipinski definition) is 3. The maximum Gasteiger partial charge on any atom is 0.163 e. The van der Waals surface area contributed by atoms with E-state index >= 15 is 0 Å². The fraction of sp³-hybridized carbons (Fsp3) is 0.231. The molecule has 0 saturated heterocycles. The molecular weight excluding hydrogens is 198 g/mol. The lowest BCUT2D eigenvalue weighted by Gasteiger charge is -2.11. The zero-order valence-corrected chi connectivity index (χ0v) is 9.20. The number of nitrogens with zero attached hydrogens (tertiary/aromatic N) is 2. The first-order valence-electron chi connectivity index (χ1n) is 5.24. The quantitative estimate of drug-likeness (QED) is 0.776. The van der Waals surface area contributed by atoms with Crippen molar-refractivity contribution in [2.75, 3.05) is 5.73 Å². The van der Waals surface area contributed by atoms with Gasteiger partial charge in [0.15, 0.2) is 5.69 Å². The van der Waals surface area contributed by atoms with E-state index in [4.69, 9.17) is 11.0 Å². The van der Waals surface area contributed by atoms with Crippen LogP contribution in [0.25, 0.3) is 5.57 Å². The largest absolute Gasteiger partial charge is 0.396 e. The van der Waals surface area contributed by atoms with Crippen LogP contribution in [0.4, 0.5) is 5.69 Å². The number of anilines is 1. The van der Waals surface area contributed by atoms with Crippen molar-refractivity contribution in [3.05, 3.63) is 41.2 Å². The average molecular weight is 211 g/mol. The van der Waals surface area contributed by atoms with Gasteiger partial charge < -0.3 is 5.73 Å². The molecule has 0 amide bonds. The van der Waals surface area contributed by atoms with Crippen LogP contribution in [0.1, 0.15) is 31.0 Å². The van der Waals surface area contributed by atoms with Crippen LogP contribution >= 0.6 is 0 Å². The van der Waals surface area contributed by atoms with Crippen molar-refractivity contribution >= 4 is 11.3 Å². The Balaban J connectivity index is 2.40. The Morgan fingerprint density at radius 2 is 2.31 bits per heavy atom. The molecule has 0 aromatic carbocycles. The Kier molecular flexibility index (Phi) is 2.74. The first-order valence-corrected chi connectivity index (χ1v) is 5.24. The van der Waals surface area contributed by atoms with E-state index in [1.807, 2.05) is 12.1 Å². The number of nitrogen functional groups attached to an aromatic ring is 1. The molecule has 1 heterocycles. The molecular formula is C13H13N3. The van der Waals surface area contributed by atoms with Gasteiger partial charge in [-0.25, -0.2) is 4.98 Å². The highest BCUT2D eigenvalue weighted by atomic mass is 14.7. The highest BCUT2D eigenvalue weighted by Gasteiger charge is 2.07. The molecule has 3 heteroatoms. The molecule has 0 radical (unpaired) electrons. The summed E-state index contributed by atoms with van der Waals surface area (Å²) in [4.78, 5) is 4.04. The summed E-state index contributed by atoms with van der Waals surface area (Å²) >= 11 is 0. The fourth-order valence-corrected chi connectivity index (χ4v) is 1.79. The fourth-order valence-electron chi connectivity index (χ4n) is 1.79. The normalized spacial score (nSPS) is 15.0. The minimum atomic E-state index is 0.292. The van der Waals surface area contributed by atoms with Gasteiger partial charge in [-0.3, -0.25) is 0 Å². The third kappa shape index (κ3) is 1.96. The molecule has 2 N–H and O–H groups in total. The van der Waals surface area contributed by atoms with Gasteiger partial charge in [0.2, 0.25) is 0 Å². The summed E-state index contributed by atoms with van der Waals surface area (Å²) in [6.45, 7) is 2.12. The second kappa shape index (κ2) is 4.19. The molecule has 0 unspecified atom stereocenters. The number of nitriles is 1. The van der Waals surface area contributed by atoms with Crippen molar-refractivity contribution in [2.45, 2.75) is 19.8 Å². The van der Waals surface area contributed by atoms with E-state index in [0.29, 0.717) is 11.4 Å². The van der Waals surface area contributed by atoms with Gasteiger partial charge in [0, 0.05) is 11.8 Å². The first-order chi connectivity index (χ1) is 7.70. The summed E-state index contributed by atoms with van der Waals surface area (Å²) in [5.41, 5.74) is 9.96. The molecule has 2 rings (SSSR count). The molecule has 0 atom stereocenters. The summed E-state index contributed by atoms with van der Waals surface area (Å²) in [5.74, 6) is 0. The summed E-state index contributed by atoms with van der Waals surface area (Å²) in [6.07, 6.45) is 8.19. The summed E-state index contributed by atoms with van der Waals surface area (Å²) < 4.78 is 0. The van der Waals surface area contributed by atoms with Crippen molar-refractivity contribution in [3.63, 3.8) is 0 Å². The predicted molar refractivity (Wildman–Crippen MR) is 64.3 cm³/mol. The van der Waals surface area contributed by atoms with Gasteiger partial charge in [-0.05, 0) is 31.4 Å². The number of nitrogens with two attached hydrogens (primary N) is 1. The molecule has 1 aromatic rings. The van der Waals surface area contributed by atoms with Gasteiger partial charge in [-0.15, -0.1) is 0 Å². The standard InChI is InChI=1S/C13H13N3/c1-9-3-2-4-10(5-9)11-6-12(15)13(7-14)16-8-11/h4-6,8H,2-3,15H2,1H3. The highest BCUT2D eigenvalue weighted by molar-refractivity contribution is 5.77. The number of hydrogen-bond donors (Lipinski definition) is 1. The SMILES string of the molecule is CC1=CC(c2cnc(C#N)c(N)c2)=CCC1. The molecule has 0 aliphatic heterocycles. The molecule has 0 fully saturated rings. The Morgan fingerprint density at radius 1 is 1.50 bits per heavy atom. The third-order valence-electron chi connectivity index (χ3n) is 2.66. The zero-order valence-electron chi connectivity index (χ0n) is 9.20. The van der Waals surface area contributed by atoms with E-state index in [0.717, 1.165) is 24.0 Å². The lowest BCUT2D eigenvalue weighted by Crippen LogP contribution is -1.97. The van der Waals surface area contributed by atoms with E-state index in [-0.39, 0.29) is 0 Å². The molecule has 0 saturated carbocycles. The Hall–Kier alpha value is -2.08. The van der Waals surface area contributed by atoms with Crippen molar-refractivity contribution in [1.82, 2.24) is 4.98 Å². The summed E-state index contributed by atoms with van der Waals surface area (Å²) in [6, 6.07) is 3.78. The van der Waals surface area contributed by atoms with Crippen LogP contribution in [0.2, 0.25) is 0 Å². The van der Waals surface area contributed by atoms with Gasteiger partial charge >= 0.3 is 0 Å². The lowest BCUT2D eigenvalue weighted by molar-refractivity contribution is 0.965. The Labute approximate surface area is 94.9 Å². The molecule has 0 bridgehead atoms. The molecule has 1 aromatic heterocycles. The van der Waals surface area contributed by atoms with E-state index in [1.165, 1.54) is 5.57 Å². The van der Waals surface area contributed by atoms with Crippen LogP contribution in [-0.2, 0) is 0 Å². The molecule has 1 aliphatic rings. The van der Waals surface area contributed by atoms with E-state index < -0.39 is 0 Å². The van der Waals surface area contributed by atoms with Crippen LogP contribution in [0.3, 0.4) is 0 Å². The second-order valence-electron chi connectivity index (χ2n) is 3.96. The van der Waals surface area contributed by atoms with E-state index in [9.17, 15) is 0 Å². The van der Waals surface area contributed by atoms with Gasteiger partial charge in [0.25, 0.3) is 0 Å². The van der Waals surface area contributed by atoms with Crippen LogP contribution in [0.5, 0.6) is 0 Å². The first kappa shape index (κ1) is 10.4. The highest BCUT2D eigenvalue weighted by Crippen LogP contribution is 2.26. The zero-order chi connectivity index (χ0) is 11.5. The summed E-state index contributed by atoms with van der Waals surface area (Å²) in [7, 11) is 0. The molecule has 80 valence electrons. The van der Waals surface area contributed by atoms with E-state index in [2.05, 4.69) is 24.1 Å². The third-order valence-corrected chi connectivity index (χ3v) is 2.66. The molecule has 1 aliphatic carbocycles. The van der Waals surface area contributed by atoms with Gasteiger partial charge in [-0.2, -0.15) is 5.26 Å². The Morgan fingerprint density at radius 3 is 2.94 bits per heavy atom. The minimum absolute atomic E-state index is 0.292. The van der Waals surface area contributed by atoms with Crippen LogP contribution in [0, 0.1) is 11.3 Å². The summed E-state index contributed by atoms with van der Waals surface area (Å²) in [5, 5.41) is 8.74. The molecule has 3 nitrogen and oxygen atoms in total. The van der Waals surface area contributed by atoms with Crippen molar-refractivity contribution in [3.8, 4) is 6.07 Å². The minimum Gasteiger partial charge on any atom is -0.396 e. The Bertz CT molecular complexity index is 518. The van der Waals surface area contributed by atoms with E-state index in [1.54, 1.807) is 6.20 Å². The lowest BCUT2D eigenvalue weighted by atomic mass is 9.96. The molecule has 0 spiro atoms. The molecule has 16 heavy (non-hydrogen) atoms. The monoisotopic (exact) mass is 211 g/mol. The smallest absolute Gasteiger partial charge is 0.163 e. The number of pyridine rings is 1. The predicted octanol–water partition coefficient (Wildman–Crippen LogP) is 2.66. The van der Waals surface area contributed by atoms with Crippen molar-refractivity contribution in [1.29, 1.82) is 5.26 Å². The van der Waals surface area contributed by atoms with Gasteiger partial charge in [0.05, 0.1) is 5.69 Å². The maximum atomic E-state index is 8.74. The topological polar surface area (TPSA) is 62.7 Å². The van der Waals surface area contributed by atoms with Crippen molar-refractivity contribution in [2.24, 2.45) is 0 Å². The van der Waals surface area contributed by atoms with Gasteiger partial charge in [0.1, 0.15) is 6.07 Å². The van der Waals surface area contributed by atoms with Crippen LogP contribution < -0.4 is 5.73 Å². The number of aromatic nitrogens is 1. The number of rotatable bonds is 1. The maximum absolute atomic E-state index is 8.74. The van der Waals surface area contributed by atoms with Crippen LogP contribution in [0.15, 0.2) is 30.0 Å². The average Bonchev–Trinajstić information content (AvgIpc) is 2.29.